The molecular weight excluding hydrogens is 427 g/mol. The van der Waals surface area contributed by atoms with Crippen molar-refractivity contribution in [3.05, 3.63) is 58.9 Å². The normalized spacial score (nSPS) is 27.0. The summed E-state index contributed by atoms with van der Waals surface area (Å²) in [7, 11) is 0. The van der Waals surface area contributed by atoms with Crippen LogP contribution in [-0.2, 0) is 17.6 Å². The molecule has 0 spiro atoms. The van der Waals surface area contributed by atoms with Gasteiger partial charge in [0.05, 0.1) is 6.04 Å². The van der Waals surface area contributed by atoms with Gasteiger partial charge in [0.1, 0.15) is 11.9 Å². The Labute approximate surface area is 202 Å². The zero-order chi connectivity index (χ0) is 24.0. The van der Waals surface area contributed by atoms with Gasteiger partial charge in [-0.05, 0) is 90.4 Å². The number of hydrogen-bond acceptors (Lipinski definition) is 3. The van der Waals surface area contributed by atoms with Crippen molar-refractivity contribution in [2.75, 3.05) is 19.6 Å². The van der Waals surface area contributed by atoms with E-state index in [1.165, 1.54) is 5.56 Å². The summed E-state index contributed by atoms with van der Waals surface area (Å²) in [5.74, 6) is 0.809. The smallest absolute Gasteiger partial charge is 0.407 e. The molecule has 3 aliphatic heterocycles. The Morgan fingerprint density at radius 2 is 1.88 bits per heavy atom. The quantitative estimate of drug-likeness (QED) is 0.578. The fourth-order valence-electron chi connectivity index (χ4n) is 6.19. The van der Waals surface area contributed by atoms with Crippen molar-refractivity contribution in [2.24, 2.45) is 17.3 Å². The molecule has 182 valence electrons. The monoisotopic (exact) mass is 464 g/mol. The Bertz CT molecular complexity index is 1050. The molecule has 4 aliphatic rings. The van der Waals surface area contributed by atoms with Crippen molar-refractivity contribution >= 4 is 6.09 Å². The molecule has 1 amide bonds. The van der Waals surface area contributed by atoms with Crippen LogP contribution in [0.25, 0.3) is 11.1 Å². The molecule has 3 saturated heterocycles. The second-order valence-electron chi connectivity index (χ2n) is 11.7. The molecule has 34 heavy (non-hydrogen) atoms. The molecule has 6 rings (SSSR count). The van der Waals surface area contributed by atoms with E-state index in [2.05, 4.69) is 50.0 Å². The maximum Gasteiger partial charge on any atom is 0.407 e. The first-order chi connectivity index (χ1) is 16.2. The summed E-state index contributed by atoms with van der Waals surface area (Å²) in [6, 6.07) is 11.6. The first-order valence-electron chi connectivity index (χ1n) is 12.8. The lowest BCUT2D eigenvalue weighted by Gasteiger charge is -2.44. The molecule has 0 unspecified atom stereocenters. The molecule has 2 bridgehead atoms. The molecule has 0 aromatic heterocycles. The summed E-state index contributed by atoms with van der Waals surface area (Å²) in [5.41, 5.74) is 4.54. The number of carbonyl (C=O) groups excluding carboxylic acids is 1. The van der Waals surface area contributed by atoms with Crippen LogP contribution in [0.3, 0.4) is 0 Å². The molecule has 1 aliphatic carbocycles. The maximum absolute atomic E-state index is 15.3. The van der Waals surface area contributed by atoms with Crippen molar-refractivity contribution in [2.45, 2.75) is 65.5 Å². The molecule has 3 heterocycles. The molecule has 5 heteroatoms. The second-order valence-corrected chi connectivity index (χ2v) is 11.7. The van der Waals surface area contributed by atoms with Crippen LogP contribution in [0.15, 0.2) is 36.4 Å². The van der Waals surface area contributed by atoms with Crippen LogP contribution in [0.4, 0.5) is 9.18 Å². The fourth-order valence-corrected chi connectivity index (χ4v) is 6.19. The van der Waals surface area contributed by atoms with Gasteiger partial charge in [0.25, 0.3) is 0 Å². The Hall–Kier alpha value is -2.40. The minimum atomic E-state index is -0.380. The van der Waals surface area contributed by atoms with E-state index in [0.717, 1.165) is 62.0 Å². The number of halogens is 1. The number of alkyl carbamates (subject to hydrolysis) is 1. The highest BCUT2D eigenvalue weighted by molar-refractivity contribution is 5.70. The highest BCUT2D eigenvalue weighted by Gasteiger charge is 2.42. The number of amides is 1. The lowest BCUT2D eigenvalue weighted by Crippen LogP contribution is -2.53. The third kappa shape index (κ3) is 4.59. The van der Waals surface area contributed by atoms with Crippen LogP contribution >= 0.6 is 0 Å². The highest BCUT2D eigenvalue weighted by atomic mass is 19.1. The van der Waals surface area contributed by atoms with Crippen LogP contribution in [0.1, 0.15) is 63.3 Å². The minimum Gasteiger partial charge on any atom is -0.445 e. The van der Waals surface area contributed by atoms with Gasteiger partial charge in [-0.3, -0.25) is 4.90 Å². The average molecular weight is 465 g/mol. The number of benzene rings is 2. The van der Waals surface area contributed by atoms with E-state index in [-0.39, 0.29) is 29.5 Å². The van der Waals surface area contributed by atoms with Gasteiger partial charge in [0.15, 0.2) is 0 Å². The number of nitrogens with zero attached hydrogens (tertiary/aromatic N) is 1. The van der Waals surface area contributed by atoms with Crippen LogP contribution < -0.4 is 5.32 Å². The van der Waals surface area contributed by atoms with E-state index in [4.69, 9.17) is 4.74 Å². The van der Waals surface area contributed by atoms with Gasteiger partial charge in [-0.2, -0.15) is 0 Å². The lowest BCUT2D eigenvalue weighted by atomic mass is 9.85. The van der Waals surface area contributed by atoms with Crippen LogP contribution in [0.2, 0.25) is 0 Å². The van der Waals surface area contributed by atoms with E-state index in [1.54, 1.807) is 6.07 Å². The van der Waals surface area contributed by atoms with Crippen molar-refractivity contribution in [1.29, 1.82) is 0 Å². The zero-order valence-corrected chi connectivity index (χ0v) is 20.9. The molecule has 4 nitrogen and oxygen atoms in total. The topological polar surface area (TPSA) is 41.6 Å². The zero-order valence-electron chi connectivity index (χ0n) is 20.9. The molecule has 2 aromatic rings. The first kappa shape index (κ1) is 23.3. The number of carbonyl (C=O) groups is 1. The average Bonchev–Trinajstić information content (AvgIpc) is 3.03. The molecule has 1 N–H and O–H groups in total. The van der Waals surface area contributed by atoms with Gasteiger partial charge in [-0.15, -0.1) is 0 Å². The Morgan fingerprint density at radius 3 is 2.50 bits per heavy atom. The van der Waals surface area contributed by atoms with Crippen molar-refractivity contribution in [1.82, 2.24) is 10.2 Å². The fraction of sp³-hybridized carbons (Fsp3) is 0.552. The van der Waals surface area contributed by atoms with Gasteiger partial charge in [0, 0.05) is 12.1 Å². The van der Waals surface area contributed by atoms with Crippen molar-refractivity contribution in [3.63, 3.8) is 0 Å². The predicted octanol–water partition coefficient (Wildman–Crippen LogP) is 6.14. The SMILES string of the molecule is CC(C)Cc1ccc(-c2cc3c(cc2F)[C@H](NC(=O)O[C@@H]2CN4CCC2CC4)C(C)(C)C3)cc1. The van der Waals surface area contributed by atoms with Gasteiger partial charge in [-0.1, -0.05) is 52.0 Å². The number of nitrogens with one attached hydrogen (secondary N) is 1. The number of piperidine rings is 3. The molecular formula is C29H37FN2O2. The van der Waals surface area contributed by atoms with E-state index < -0.39 is 0 Å². The third-order valence-corrected chi connectivity index (χ3v) is 7.99. The van der Waals surface area contributed by atoms with Gasteiger partial charge >= 0.3 is 6.09 Å². The van der Waals surface area contributed by atoms with Crippen LogP contribution in [-0.4, -0.2) is 36.7 Å². The van der Waals surface area contributed by atoms with E-state index in [1.807, 2.05) is 18.2 Å². The summed E-state index contributed by atoms with van der Waals surface area (Å²) in [6.07, 6.45) is 3.58. The van der Waals surface area contributed by atoms with Crippen molar-refractivity contribution in [3.8, 4) is 11.1 Å². The predicted molar refractivity (Wildman–Crippen MR) is 133 cm³/mol. The summed E-state index contributed by atoms with van der Waals surface area (Å²) in [6.45, 7) is 11.7. The van der Waals surface area contributed by atoms with Crippen molar-refractivity contribution < 1.29 is 13.9 Å². The van der Waals surface area contributed by atoms with Gasteiger partial charge < -0.3 is 10.1 Å². The van der Waals surface area contributed by atoms with E-state index in [9.17, 15) is 4.79 Å². The highest BCUT2D eigenvalue weighted by Crippen LogP contribution is 2.47. The Kier molecular flexibility index (Phi) is 6.18. The van der Waals surface area contributed by atoms with E-state index in [0.29, 0.717) is 17.4 Å². The summed E-state index contributed by atoms with van der Waals surface area (Å²) in [5, 5.41) is 3.10. The van der Waals surface area contributed by atoms with Gasteiger partial charge in [0.2, 0.25) is 0 Å². The second kappa shape index (κ2) is 8.99. The molecule has 0 saturated carbocycles. The first-order valence-corrected chi connectivity index (χ1v) is 12.8. The van der Waals surface area contributed by atoms with Crippen LogP contribution in [0.5, 0.6) is 0 Å². The summed E-state index contributed by atoms with van der Waals surface area (Å²) < 4.78 is 21.2. The molecule has 0 radical (unpaired) electrons. The van der Waals surface area contributed by atoms with Gasteiger partial charge in [-0.25, -0.2) is 9.18 Å². The maximum atomic E-state index is 15.3. The number of rotatable bonds is 5. The summed E-state index contributed by atoms with van der Waals surface area (Å²) in [4.78, 5) is 15.3. The third-order valence-electron chi connectivity index (χ3n) is 7.99. The number of hydrogen-bond donors (Lipinski definition) is 1. The molecule has 2 aromatic carbocycles. The summed E-state index contributed by atoms with van der Waals surface area (Å²) >= 11 is 0. The van der Waals surface area contributed by atoms with Crippen LogP contribution in [0, 0.1) is 23.1 Å². The largest absolute Gasteiger partial charge is 0.445 e. The lowest BCUT2D eigenvalue weighted by molar-refractivity contribution is -0.0349. The number of fused-ring (bicyclic) bond motifs is 4. The minimum absolute atomic E-state index is 0.0377. The Balaban J connectivity index is 1.33. The number of ether oxygens (including phenoxy) is 1. The Morgan fingerprint density at radius 1 is 1.18 bits per heavy atom. The molecule has 2 atom stereocenters. The van der Waals surface area contributed by atoms with E-state index >= 15 is 4.39 Å². The molecule has 3 fully saturated rings. The standard InChI is InChI=1S/C29H37FN2O2/c1-18(2)13-19-5-7-20(8-6-19)23-14-22-16-29(3,4)27(24(22)15-25(23)30)31-28(33)34-26-17-32-11-9-21(26)10-12-32/h5-8,14-15,18,21,26-27H,9-13,16-17H2,1-4H3,(H,31,33)/t26-,27+/m1/s1.